The van der Waals surface area contributed by atoms with Crippen molar-refractivity contribution < 1.29 is 39.0 Å². The average Bonchev–Trinajstić information content (AvgIpc) is 2.91. The van der Waals surface area contributed by atoms with E-state index in [9.17, 15) is 28.8 Å². The highest BCUT2D eigenvalue weighted by Gasteiger charge is 2.32. The van der Waals surface area contributed by atoms with E-state index in [0.717, 1.165) is 11.8 Å². The fraction of sp³-hybridized carbons (Fsp3) is 0.571. The summed E-state index contributed by atoms with van der Waals surface area (Å²) in [6, 6.07) is -2.41. The van der Waals surface area contributed by atoms with E-state index < -0.39 is 59.4 Å². The molecule has 3 atom stereocenters. The molecule has 3 unspecified atom stereocenters. The molecule has 0 bridgehead atoms. The highest BCUT2D eigenvalue weighted by Crippen LogP contribution is 2.20. The van der Waals surface area contributed by atoms with E-state index in [4.69, 9.17) is 15.9 Å². The Labute approximate surface area is 157 Å². The third-order valence-electron chi connectivity index (χ3n) is 3.46. The van der Waals surface area contributed by atoms with Gasteiger partial charge in [0.25, 0.3) is 0 Å². The van der Waals surface area contributed by atoms with Crippen molar-refractivity contribution in [3.63, 3.8) is 0 Å². The van der Waals surface area contributed by atoms with Gasteiger partial charge >= 0.3 is 11.9 Å². The Kier molecular flexibility index (Phi) is 8.68. The lowest BCUT2D eigenvalue weighted by Crippen LogP contribution is -2.49. The van der Waals surface area contributed by atoms with Crippen molar-refractivity contribution in [3.05, 3.63) is 0 Å². The van der Waals surface area contributed by atoms with Crippen LogP contribution in [-0.4, -0.2) is 75.4 Å². The van der Waals surface area contributed by atoms with E-state index >= 15 is 0 Å². The van der Waals surface area contributed by atoms with Crippen molar-refractivity contribution in [2.45, 2.75) is 36.6 Å². The zero-order chi connectivity index (χ0) is 20.6. The smallest absolute Gasteiger partial charge is 0.322 e. The first-order valence-corrected chi connectivity index (χ1v) is 8.87. The van der Waals surface area contributed by atoms with Crippen LogP contribution in [0.5, 0.6) is 0 Å². The van der Waals surface area contributed by atoms with Crippen LogP contribution in [0.25, 0.3) is 0 Å². The first-order valence-electron chi connectivity index (χ1n) is 7.82. The molecule has 0 aromatic heterocycles. The predicted molar refractivity (Wildman–Crippen MR) is 91.4 cm³/mol. The molecule has 0 aliphatic carbocycles. The van der Waals surface area contributed by atoms with E-state index in [1.165, 1.54) is 0 Å². The Balaban J connectivity index is 2.63. The van der Waals surface area contributed by atoms with Crippen molar-refractivity contribution in [1.82, 2.24) is 16.0 Å². The minimum absolute atomic E-state index is 0.0611. The molecule has 27 heavy (non-hydrogen) atoms. The van der Waals surface area contributed by atoms with Gasteiger partial charge in [0.1, 0.15) is 18.6 Å². The standard InChI is InChI=1S/C14H20N4O8S/c15-6(14(25)26)1-2-9(19)17-7(12(23)16-4-11(21)22)5-27-8-3-10(20)18-13(8)24/h6-8H,1-5,15H2,(H,16,23)(H,17,19)(H,21,22)(H,25,26)(H,18,20,24). The molecule has 150 valence electrons. The maximum absolute atomic E-state index is 12.1. The number of carbonyl (C=O) groups is 6. The summed E-state index contributed by atoms with van der Waals surface area (Å²) in [5.74, 6) is -5.04. The number of carboxylic acid groups (broad SMARTS) is 2. The molecule has 0 spiro atoms. The van der Waals surface area contributed by atoms with Gasteiger partial charge in [-0.2, -0.15) is 0 Å². The molecule has 0 aromatic carbocycles. The van der Waals surface area contributed by atoms with E-state index in [2.05, 4.69) is 16.0 Å². The zero-order valence-corrected chi connectivity index (χ0v) is 14.9. The summed E-state index contributed by atoms with van der Waals surface area (Å²) < 4.78 is 0. The number of amides is 4. The first-order chi connectivity index (χ1) is 12.6. The van der Waals surface area contributed by atoms with E-state index in [0.29, 0.717) is 0 Å². The molecule has 1 rings (SSSR count). The lowest BCUT2D eigenvalue weighted by Gasteiger charge is -2.19. The summed E-state index contributed by atoms with van der Waals surface area (Å²) >= 11 is 0.963. The summed E-state index contributed by atoms with van der Waals surface area (Å²) in [5, 5.41) is 23.2. The van der Waals surface area contributed by atoms with Crippen LogP contribution >= 0.6 is 11.8 Å². The van der Waals surface area contributed by atoms with Crippen LogP contribution in [0, 0.1) is 0 Å². The Morgan fingerprint density at radius 1 is 1.26 bits per heavy atom. The van der Waals surface area contributed by atoms with Crippen LogP contribution in [0.2, 0.25) is 0 Å². The maximum atomic E-state index is 12.1. The molecular weight excluding hydrogens is 384 g/mol. The number of imide groups is 1. The van der Waals surface area contributed by atoms with Crippen LogP contribution in [0.1, 0.15) is 19.3 Å². The fourth-order valence-corrected chi connectivity index (χ4v) is 3.16. The fourth-order valence-electron chi connectivity index (χ4n) is 2.02. The first kappa shape index (κ1) is 22.4. The van der Waals surface area contributed by atoms with Crippen LogP contribution in [0.4, 0.5) is 0 Å². The van der Waals surface area contributed by atoms with Gasteiger partial charge in [-0.3, -0.25) is 34.1 Å². The van der Waals surface area contributed by atoms with Gasteiger partial charge in [-0.1, -0.05) is 0 Å². The SMILES string of the molecule is NC(CCC(=O)NC(CSC1CC(=O)NC1=O)C(=O)NCC(=O)O)C(=O)O. The normalized spacial score (nSPS) is 18.3. The topological polar surface area (TPSA) is 205 Å². The monoisotopic (exact) mass is 404 g/mol. The number of hydrogen-bond acceptors (Lipinski definition) is 8. The van der Waals surface area contributed by atoms with Crippen molar-refractivity contribution in [2.75, 3.05) is 12.3 Å². The van der Waals surface area contributed by atoms with E-state index in [1.807, 2.05) is 0 Å². The second-order valence-electron chi connectivity index (χ2n) is 5.65. The highest BCUT2D eigenvalue weighted by molar-refractivity contribution is 8.00. The minimum Gasteiger partial charge on any atom is -0.480 e. The molecule has 1 heterocycles. The highest BCUT2D eigenvalue weighted by atomic mass is 32.2. The maximum Gasteiger partial charge on any atom is 0.322 e. The molecule has 13 heteroatoms. The van der Waals surface area contributed by atoms with E-state index in [-0.39, 0.29) is 25.0 Å². The number of carbonyl (C=O) groups excluding carboxylic acids is 4. The van der Waals surface area contributed by atoms with Gasteiger partial charge in [0, 0.05) is 18.6 Å². The quantitative estimate of drug-likeness (QED) is 0.193. The van der Waals surface area contributed by atoms with Crippen LogP contribution in [-0.2, 0) is 28.8 Å². The molecule has 0 saturated carbocycles. The van der Waals surface area contributed by atoms with Crippen LogP contribution in [0.15, 0.2) is 0 Å². The molecule has 1 fully saturated rings. The molecule has 1 aliphatic rings. The number of carboxylic acids is 2. The molecule has 0 radical (unpaired) electrons. The van der Waals surface area contributed by atoms with Gasteiger partial charge < -0.3 is 26.6 Å². The molecular formula is C14H20N4O8S. The molecule has 0 aromatic rings. The number of hydrogen-bond donors (Lipinski definition) is 6. The Morgan fingerprint density at radius 3 is 2.44 bits per heavy atom. The van der Waals surface area contributed by atoms with Gasteiger partial charge in [0.2, 0.25) is 23.6 Å². The van der Waals surface area contributed by atoms with Gasteiger partial charge in [-0.15, -0.1) is 11.8 Å². The summed E-state index contributed by atoms with van der Waals surface area (Å²) in [7, 11) is 0. The third-order valence-corrected chi connectivity index (χ3v) is 4.76. The molecule has 12 nitrogen and oxygen atoms in total. The molecule has 4 amide bonds. The van der Waals surface area contributed by atoms with Crippen molar-refractivity contribution in [3.8, 4) is 0 Å². The van der Waals surface area contributed by atoms with Crippen LogP contribution in [0.3, 0.4) is 0 Å². The summed E-state index contributed by atoms with van der Waals surface area (Å²) in [6.07, 6.45) is -0.477. The molecule has 7 N–H and O–H groups in total. The van der Waals surface area contributed by atoms with Gasteiger partial charge in [-0.25, -0.2) is 0 Å². The van der Waals surface area contributed by atoms with Crippen molar-refractivity contribution in [2.24, 2.45) is 5.73 Å². The number of aliphatic carboxylic acids is 2. The van der Waals surface area contributed by atoms with Crippen LogP contribution < -0.4 is 21.7 Å². The zero-order valence-electron chi connectivity index (χ0n) is 14.1. The summed E-state index contributed by atoms with van der Waals surface area (Å²) in [4.78, 5) is 68.0. The van der Waals surface area contributed by atoms with Crippen molar-refractivity contribution >= 4 is 47.3 Å². The number of rotatable bonds is 11. The lowest BCUT2D eigenvalue weighted by atomic mass is 10.1. The Morgan fingerprint density at radius 2 is 1.93 bits per heavy atom. The molecule has 1 aliphatic heterocycles. The number of nitrogens with one attached hydrogen (secondary N) is 3. The van der Waals surface area contributed by atoms with Gasteiger partial charge in [0.05, 0.1) is 5.25 Å². The second-order valence-corrected chi connectivity index (χ2v) is 6.89. The Hall–Kier alpha value is -2.67. The lowest BCUT2D eigenvalue weighted by molar-refractivity contribution is -0.139. The number of nitrogens with two attached hydrogens (primary N) is 1. The van der Waals surface area contributed by atoms with Gasteiger partial charge in [-0.05, 0) is 6.42 Å². The van der Waals surface area contributed by atoms with E-state index in [1.54, 1.807) is 0 Å². The predicted octanol–water partition coefficient (Wildman–Crippen LogP) is -2.99. The third kappa shape index (κ3) is 8.04. The van der Waals surface area contributed by atoms with Crippen molar-refractivity contribution in [1.29, 1.82) is 0 Å². The number of thioether (sulfide) groups is 1. The average molecular weight is 404 g/mol. The van der Waals surface area contributed by atoms with Gasteiger partial charge in [0.15, 0.2) is 0 Å². The Bertz CT molecular complexity index is 641. The minimum atomic E-state index is -1.28. The second kappa shape index (κ2) is 10.5. The molecule has 1 saturated heterocycles. The summed E-state index contributed by atoms with van der Waals surface area (Å²) in [5.41, 5.74) is 5.30. The summed E-state index contributed by atoms with van der Waals surface area (Å²) in [6.45, 7) is -0.665. The largest absolute Gasteiger partial charge is 0.480 e.